The van der Waals surface area contributed by atoms with Crippen LogP contribution >= 0.6 is 11.8 Å². The van der Waals surface area contributed by atoms with Gasteiger partial charge in [-0.05, 0) is 13.8 Å². The summed E-state index contributed by atoms with van der Waals surface area (Å²) in [6, 6.07) is 0. The molecule has 0 aromatic rings. The Balaban J connectivity index is 2.04. The van der Waals surface area contributed by atoms with Gasteiger partial charge in [0.15, 0.2) is 5.96 Å². The molecule has 80 valence electrons. The van der Waals surface area contributed by atoms with E-state index in [2.05, 4.69) is 47.4 Å². The SMILES string of the molecule is CN1CCN=C1N1CCSC(C)(C)C1. The normalized spacial score (nSPS) is 26.6. The topological polar surface area (TPSA) is 18.8 Å². The summed E-state index contributed by atoms with van der Waals surface area (Å²) >= 11 is 2.07. The van der Waals surface area contributed by atoms with Gasteiger partial charge in [-0.2, -0.15) is 11.8 Å². The van der Waals surface area contributed by atoms with E-state index in [1.165, 1.54) is 11.7 Å². The van der Waals surface area contributed by atoms with Crippen LogP contribution in [-0.4, -0.2) is 59.5 Å². The molecule has 0 atom stereocenters. The van der Waals surface area contributed by atoms with Crippen molar-refractivity contribution in [2.45, 2.75) is 18.6 Å². The summed E-state index contributed by atoms with van der Waals surface area (Å²) in [6.07, 6.45) is 0. The summed E-state index contributed by atoms with van der Waals surface area (Å²) in [5.74, 6) is 2.43. The minimum absolute atomic E-state index is 0.379. The van der Waals surface area contributed by atoms with Gasteiger partial charge in [0, 0.05) is 37.2 Å². The van der Waals surface area contributed by atoms with Crippen molar-refractivity contribution in [1.82, 2.24) is 9.80 Å². The lowest BCUT2D eigenvalue weighted by atomic mass is 10.2. The smallest absolute Gasteiger partial charge is 0.196 e. The van der Waals surface area contributed by atoms with Crippen molar-refractivity contribution in [3.63, 3.8) is 0 Å². The van der Waals surface area contributed by atoms with Crippen LogP contribution in [-0.2, 0) is 0 Å². The molecule has 0 radical (unpaired) electrons. The van der Waals surface area contributed by atoms with Crippen molar-refractivity contribution in [1.29, 1.82) is 0 Å². The summed E-state index contributed by atoms with van der Waals surface area (Å²) < 4.78 is 0.379. The van der Waals surface area contributed by atoms with Gasteiger partial charge in [-0.1, -0.05) is 0 Å². The van der Waals surface area contributed by atoms with E-state index in [0.29, 0.717) is 4.75 Å². The fourth-order valence-corrected chi connectivity index (χ4v) is 3.16. The monoisotopic (exact) mass is 213 g/mol. The zero-order valence-corrected chi connectivity index (χ0v) is 10.1. The van der Waals surface area contributed by atoms with Crippen LogP contribution in [0.5, 0.6) is 0 Å². The standard InChI is InChI=1S/C10H19N3S/c1-10(2)8-13(6-7-14-10)9-11-4-5-12(9)3/h4-8H2,1-3H3. The first-order valence-corrected chi connectivity index (χ1v) is 6.21. The van der Waals surface area contributed by atoms with Crippen molar-refractivity contribution in [3.8, 4) is 0 Å². The summed E-state index contributed by atoms with van der Waals surface area (Å²) in [6.45, 7) is 8.96. The van der Waals surface area contributed by atoms with Gasteiger partial charge in [0.25, 0.3) is 0 Å². The summed E-state index contributed by atoms with van der Waals surface area (Å²) in [4.78, 5) is 9.27. The largest absolute Gasteiger partial charge is 0.344 e. The first kappa shape index (κ1) is 10.1. The summed E-state index contributed by atoms with van der Waals surface area (Å²) in [7, 11) is 2.14. The average Bonchev–Trinajstić information content (AvgIpc) is 2.49. The van der Waals surface area contributed by atoms with Crippen molar-refractivity contribution < 1.29 is 0 Å². The second kappa shape index (κ2) is 3.65. The zero-order valence-electron chi connectivity index (χ0n) is 9.29. The molecule has 0 aliphatic carbocycles. The molecule has 0 bridgehead atoms. The molecule has 3 nitrogen and oxygen atoms in total. The Morgan fingerprint density at radius 2 is 2.14 bits per heavy atom. The Morgan fingerprint density at radius 1 is 1.36 bits per heavy atom. The van der Waals surface area contributed by atoms with Crippen molar-refractivity contribution >= 4 is 17.7 Å². The van der Waals surface area contributed by atoms with Crippen LogP contribution in [0, 0.1) is 0 Å². The first-order valence-electron chi connectivity index (χ1n) is 5.23. The lowest BCUT2D eigenvalue weighted by Crippen LogP contribution is -2.49. The molecular weight excluding hydrogens is 194 g/mol. The van der Waals surface area contributed by atoms with Crippen LogP contribution in [0.2, 0.25) is 0 Å². The van der Waals surface area contributed by atoms with Gasteiger partial charge in [-0.25, -0.2) is 0 Å². The fraction of sp³-hybridized carbons (Fsp3) is 0.900. The maximum absolute atomic E-state index is 4.57. The van der Waals surface area contributed by atoms with Crippen molar-refractivity contribution in [2.75, 3.05) is 39.0 Å². The van der Waals surface area contributed by atoms with E-state index in [0.717, 1.165) is 26.2 Å². The van der Waals surface area contributed by atoms with Gasteiger partial charge >= 0.3 is 0 Å². The average molecular weight is 213 g/mol. The minimum atomic E-state index is 0.379. The molecule has 1 fully saturated rings. The zero-order chi connectivity index (χ0) is 10.2. The highest BCUT2D eigenvalue weighted by atomic mass is 32.2. The number of hydrogen-bond donors (Lipinski definition) is 0. The Labute approximate surface area is 90.6 Å². The molecule has 2 heterocycles. The Bertz CT molecular complexity index is 250. The van der Waals surface area contributed by atoms with Gasteiger partial charge in [0.2, 0.25) is 0 Å². The van der Waals surface area contributed by atoms with Crippen molar-refractivity contribution in [2.24, 2.45) is 4.99 Å². The van der Waals surface area contributed by atoms with Crippen LogP contribution in [0.1, 0.15) is 13.8 Å². The molecule has 2 aliphatic rings. The number of thioether (sulfide) groups is 1. The van der Waals surface area contributed by atoms with E-state index in [9.17, 15) is 0 Å². The molecule has 0 N–H and O–H groups in total. The number of hydrogen-bond acceptors (Lipinski definition) is 4. The molecule has 0 amide bonds. The molecule has 14 heavy (non-hydrogen) atoms. The number of guanidine groups is 1. The predicted octanol–water partition coefficient (Wildman–Crippen LogP) is 1.12. The van der Waals surface area contributed by atoms with Gasteiger partial charge in [0.1, 0.15) is 0 Å². The summed E-state index contributed by atoms with van der Waals surface area (Å²) in [5.41, 5.74) is 0. The maximum Gasteiger partial charge on any atom is 0.196 e. The molecule has 0 spiro atoms. The van der Waals surface area contributed by atoms with Crippen LogP contribution in [0.15, 0.2) is 4.99 Å². The van der Waals surface area contributed by atoms with Gasteiger partial charge in [-0.3, -0.25) is 4.99 Å². The maximum atomic E-state index is 4.57. The fourth-order valence-electron chi connectivity index (χ4n) is 2.05. The third kappa shape index (κ3) is 2.00. The quantitative estimate of drug-likeness (QED) is 0.601. The molecule has 0 aromatic carbocycles. The molecule has 0 unspecified atom stereocenters. The Kier molecular flexibility index (Phi) is 2.64. The number of nitrogens with zero attached hydrogens (tertiary/aromatic N) is 3. The van der Waals surface area contributed by atoms with Gasteiger partial charge in [0.05, 0.1) is 6.54 Å². The number of likely N-dealkylation sites (N-methyl/N-ethyl adjacent to an activating group) is 1. The van der Waals surface area contributed by atoms with Crippen LogP contribution in [0.25, 0.3) is 0 Å². The highest BCUT2D eigenvalue weighted by Crippen LogP contribution is 2.30. The van der Waals surface area contributed by atoms with Crippen LogP contribution < -0.4 is 0 Å². The Morgan fingerprint density at radius 3 is 2.71 bits per heavy atom. The second-order valence-electron chi connectivity index (χ2n) is 4.63. The van der Waals surface area contributed by atoms with Crippen LogP contribution in [0.3, 0.4) is 0 Å². The lowest BCUT2D eigenvalue weighted by Gasteiger charge is -2.40. The second-order valence-corrected chi connectivity index (χ2v) is 6.44. The van der Waals surface area contributed by atoms with E-state index in [4.69, 9.17) is 0 Å². The highest BCUT2D eigenvalue weighted by molar-refractivity contribution is 8.00. The van der Waals surface area contributed by atoms with Gasteiger partial charge < -0.3 is 9.80 Å². The van der Waals surface area contributed by atoms with Crippen LogP contribution in [0.4, 0.5) is 0 Å². The predicted molar refractivity (Wildman–Crippen MR) is 63.0 cm³/mol. The minimum Gasteiger partial charge on any atom is -0.344 e. The molecule has 0 saturated carbocycles. The molecule has 2 aliphatic heterocycles. The van der Waals surface area contributed by atoms with Gasteiger partial charge in [-0.15, -0.1) is 0 Å². The van der Waals surface area contributed by atoms with E-state index in [1.54, 1.807) is 0 Å². The van der Waals surface area contributed by atoms with E-state index >= 15 is 0 Å². The molecule has 1 saturated heterocycles. The van der Waals surface area contributed by atoms with E-state index in [1.807, 2.05) is 0 Å². The molecular formula is C10H19N3S. The number of rotatable bonds is 0. The molecule has 2 rings (SSSR count). The first-order chi connectivity index (χ1) is 6.58. The number of aliphatic imine (C=N–C) groups is 1. The third-order valence-corrected chi connectivity index (χ3v) is 4.04. The van der Waals surface area contributed by atoms with Crippen molar-refractivity contribution in [3.05, 3.63) is 0 Å². The lowest BCUT2D eigenvalue weighted by molar-refractivity contribution is 0.345. The van der Waals surface area contributed by atoms with E-state index in [-0.39, 0.29) is 0 Å². The molecule has 0 aromatic heterocycles. The highest BCUT2D eigenvalue weighted by Gasteiger charge is 2.30. The van der Waals surface area contributed by atoms with E-state index < -0.39 is 0 Å². The Hall–Kier alpha value is -0.380. The third-order valence-electron chi connectivity index (χ3n) is 2.74. The summed E-state index contributed by atoms with van der Waals surface area (Å²) in [5, 5.41) is 0. The molecule has 4 heteroatoms.